The molecule has 2 atom stereocenters. The van der Waals surface area contributed by atoms with Crippen LogP contribution in [0.2, 0.25) is 0 Å². The summed E-state index contributed by atoms with van der Waals surface area (Å²) in [6.07, 6.45) is 3.97. The van der Waals surface area contributed by atoms with Crippen LogP contribution < -0.4 is 5.73 Å². The van der Waals surface area contributed by atoms with Gasteiger partial charge in [0.25, 0.3) is 5.69 Å². The number of carbonyl (C=O) groups excluding carboxylic acids is 3. The number of rotatable bonds is 18. The molecule has 2 heterocycles. The lowest BCUT2D eigenvalue weighted by Crippen LogP contribution is -2.50. The zero-order chi connectivity index (χ0) is 35.4. The highest BCUT2D eigenvalue weighted by Crippen LogP contribution is 2.41. The summed E-state index contributed by atoms with van der Waals surface area (Å²) in [7, 11) is 1.43. The number of methoxy groups -OCH3 is 1. The van der Waals surface area contributed by atoms with E-state index in [0.717, 1.165) is 24.1 Å². The summed E-state index contributed by atoms with van der Waals surface area (Å²) in [5.41, 5.74) is 8.53. The number of hydrogen-bond acceptors (Lipinski definition) is 10. The minimum atomic E-state index is -0.696. The SMILES string of the molecule is CCC1=NC(COCCN)=C(N(C=O)CCCN2CCC(C(=O)OC)(c3ccccc3)CC2)C(c2ccc([N+](=O)[O-])cc2)C1N(C=O)CC. The number of nitro groups is 1. The average molecular weight is 677 g/mol. The summed E-state index contributed by atoms with van der Waals surface area (Å²) in [4.78, 5) is 60.0. The van der Waals surface area contributed by atoms with Crippen LogP contribution in [0.1, 0.15) is 56.6 Å². The van der Waals surface area contributed by atoms with Crippen molar-refractivity contribution in [1.29, 1.82) is 0 Å². The van der Waals surface area contributed by atoms with Crippen molar-refractivity contribution in [3.63, 3.8) is 0 Å². The van der Waals surface area contributed by atoms with Crippen LogP contribution in [0.4, 0.5) is 5.69 Å². The first-order chi connectivity index (χ1) is 23.8. The van der Waals surface area contributed by atoms with Gasteiger partial charge in [0.1, 0.15) is 0 Å². The van der Waals surface area contributed by atoms with Gasteiger partial charge < -0.3 is 29.9 Å². The Labute approximate surface area is 287 Å². The second-order valence-electron chi connectivity index (χ2n) is 12.3. The highest BCUT2D eigenvalue weighted by atomic mass is 16.6. The zero-order valence-electron chi connectivity index (χ0n) is 28.7. The molecule has 2 aliphatic rings. The fourth-order valence-electron chi connectivity index (χ4n) is 7.09. The van der Waals surface area contributed by atoms with Crippen molar-refractivity contribution in [2.75, 3.05) is 59.6 Å². The molecule has 2 aromatic rings. The quantitative estimate of drug-likeness (QED) is 0.0818. The molecule has 2 aliphatic heterocycles. The predicted octanol–water partition coefficient (Wildman–Crippen LogP) is 3.63. The molecule has 0 saturated carbocycles. The Morgan fingerprint density at radius 2 is 1.80 bits per heavy atom. The van der Waals surface area contributed by atoms with E-state index < -0.39 is 22.3 Å². The number of aliphatic imine (C=N–C) groups is 1. The Kier molecular flexibility index (Phi) is 13.6. The van der Waals surface area contributed by atoms with Crippen molar-refractivity contribution >= 4 is 30.2 Å². The highest BCUT2D eigenvalue weighted by Gasteiger charge is 2.44. The topological polar surface area (TPSA) is 161 Å². The molecule has 0 aromatic heterocycles. The number of likely N-dealkylation sites (tertiary alicyclic amines) is 1. The largest absolute Gasteiger partial charge is 0.468 e. The van der Waals surface area contributed by atoms with Crippen LogP contribution in [0, 0.1) is 10.1 Å². The maximum Gasteiger partial charge on any atom is 0.316 e. The summed E-state index contributed by atoms with van der Waals surface area (Å²) in [5.74, 6) is -0.768. The molecule has 0 bridgehead atoms. The fraction of sp³-hybridized carbons (Fsp3) is 0.500. The van der Waals surface area contributed by atoms with Gasteiger partial charge in [-0.1, -0.05) is 49.4 Å². The molecule has 0 spiro atoms. The van der Waals surface area contributed by atoms with Gasteiger partial charge in [-0.25, -0.2) is 0 Å². The molecule has 0 radical (unpaired) electrons. The smallest absolute Gasteiger partial charge is 0.316 e. The van der Waals surface area contributed by atoms with Crippen LogP contribution in [-0.4, -0.2) is 110 Å². The van der Waals surface area contributed by atoms with E-state index in [2.05, 4.69) is 4.90 Å². The fourth-order valence-corrected chi connectivity index (χ4v) is 7.09. The van der Waals surface area contributed by atoms with Crippen LogP contribution in [-0.2, 0) is 29.3 Å². The van der Waals surface area contributed by atoms with Crippen LogP contribution >= 0.6 is 0 Å². The Hall–Kier alpha value is -4.46. The van der Waals surface area contributed by atoms with Gasteiger partial charge in [0.2, 0.25) is 12.8 Å². The van der Waals surface area contributed by atoms with E-state index in [-0.39, 0.29) is 18.3 Å². The number of non-ortho nitro benzene ring substituents is 1. The molecule has 2 amide bonds. The van der Waals surface area contributed by atoms with Crippen molar-refractivity contribution in [3.05, 3.63) is 87.2 Å². The molecule has 2 N–H and O–H groups in total. The predicted molar refractivity (Wildman–Crippen MR) is 186 cm³/mol. The van der Waals surface area contributed by atoms with Crippen molar-refractivity contribution in [3.8, 4) is 0 Å². The average Bonchev–Trinajstić information content (AvgIpc) is 3.14. The summed E-state index contributed by atoms with van der Waals surface area (Å²) < 4.78 is 11.1. The number of ether oxygens (including phenoxy) is 2. The number of nitrogens with two attached hydrogens (primary N) is 1. The van der Waals surface area contributed by atoms with Gasteiger partial charge in [-0.05, 0) is 63.4 Å². The molecule has 264 valence electrons. The molecule has 0 aliphatic carbocycles. The second kappa shape index (κ2) is 17.8. The van der Waals surface area contributed by atoms with E-state index in [1.807, 2.05) is 44.2 Å². The first-order valence-electron chi connectivity index (χ1n) is 16.9. The Bertz CT molecular complexity index is 1490. The number of piperidine rings is 1. The summed E-state index contributed by atoms with van der Waals surface area (Å²) in [5, 5.41) is 11.5. The molecule has 1 saturated heterocycles. The summed E-state index contributed by atoms with van der Waals surface area (Å²) in [6.45, 7) is 7.36. The lowest BCUT2D eigenvalue weighted by Gasteiger charge is -2.42. The van der Waals surface area contributed by atoms with Crippen molar-refractivity contribution < 1.29 is 28.8 Å². The number of hydrogen-bond donors (Lipinski definition) is 1. The number of nitrogens with zero attached hydrogens (tertiary/aromatic N) is 5. The van der Waals surface area contributed by atoms with Gasteiger partial charge in [0, 0.05) is 37.5 Å². The maximum absolute atomic E-state index is 13.0. The van der Waals surface area contributed by atoms with Crippen LogP contribution in [0.5, 0.6) is 0 Å². The van der Waals surface area contributed by atoms with Gasteiger partial charge in [-0.15, -0.1) is 0 Å². The van der Waals surface area contributed by atoms with Crippen LogP contribution in [0.3, 0.4) is 0 Å². The number of amides is 2. The highest BCUT2D eigenvalue weighted by molar-refractivity contribution is 5.94. The molecule has 2 aromatic carbocycles. The van der Waals surface area contributed by atoms with E-state index in [9.17, 15) is 24.5 Å². The van der Waals surface area contributed by atoms with Crippen molar-refractivity contribution in [2.45, 2.75) is 56.9 Å². The lowest BCUT2D eigenvalue weighted by atomic mass is 9.72. The van der Waals surface area contributed by atoms with Gasteiger partial charge in [-0.3, -0.25) is 29.5 Å². The van der Waals surface area contributed by atoms with E-state index in [1.54, 1.807) is 21.9 Å². The van der Waals surface area contributed by atoms with Crippen molar-refractivity contribution in [2.24, 2.45) is 10.7 Å². The molecule has 13 heteroatoms. The Morgan fingerprint density at radius 1 is 1.10 bits per heavy atom. The van der Waals surface area contributed by atoms with E-state index in [4.69, 9.17) is 20.2 Å². The normalized spacial score (nSPS) is 19.1. The molecular weight excluding hydrogens is 628 g/mol. The minimum absolute atomic E-state index is 0.0579. The maximum atomic E-state index is 13.0. The number of esters is 1. The summed E-state index contributed by atoms with van der Waals surface area (Å²) >= 11 is 0. The third kappa shape index (κ3) is 8.41. The zero-order valence-corrected chi connectivity index (χ0v) is 28.7. The Morgan fingerprint density at radius 3 is 2.35 bits per heavy atom. The molecule has 4 rings (SSSR count). The minimum Gasteiger partial charge on any atom is -0.468 e. The van der Waals surface area contributed by atoms with Crippen LogP contribution in [0.15, 0.2) is 71.0 Å². The van der Waals surface area contributed by atoms with Gasteiger partial charge >= 0.3 is 5.97 Å². The van der Waals surface area contributed by atoms with Gasteiger partial charge in [0.05, 0.1) is 54.0 Å². The Balaban J connectivity index is 1.63. The number of carbonyl (C=O) groups is 3. The molecule has 2 unspecified atom stereocenters. The van der Waals surface area contributed by atoms with Crippen LogP contribution in [0.25, 0.3) is 0 Å². The molecule has 13 nitrogen and oxygen atoms in total. The standard InChI is InChI=1S/C36H48N6O7/c1-4-30-33(40(5-2)25-43)32(27-12-14-29(15-13-27)42(46)47)34(31(38-30)24-49-23-18-37)41(26-44)20-9-19-39-21-16-36(17-22-39,35(45)48-3)28-10-7-6-8-11-28/h6-8,10-15,25-26,32-33H,4-5,9,16-24,37H2,1-3H3. The number of benzene rings is 2. The van der Waals surface area contributed by atoms with E-state index >= 15 is 0 Å². The lowest BCUT2D eigenvalue weighted by molar-refractivity contribution is -0.384. The molecular formula is C36H48N6O7. The number of likely N-dealkylation sites (N-methyl/N-ethyl adjacent to an activating group) is 1. The monoisotopic (exact) mass is 676 g/mol. The number of nitro benzene ring substituents is 1. The van der Waals surface area contributed by atoms with Crippen molar-refractivity contribution in [1.82, 2.24) is 14.7 Å². The van der Waals surface area contributed by atoms with E-state index in [0.29, 0.717) is 88.5 Å². The van der Waals surface area contributed by atoms with Gasteiger partial charge in [0.15, 0.2) is 0 Å². The third-order valence-corrected chi connectivity index (χ3v) is 9.63. The first kappa shape index (κ1) is 37.4. The summed E-state index contributed by atoms with van der Waals surface area (Å²) in [6, 6.07) is 15.5. The molecule has 49 heavy (non-hydrogen) atoms. The molecule has 1 fully saturated rings. The second-order valence-corrected chi connectivity index (χ2v) is 12.3. The third-order valence-electron chi connectivity index (χ3n) is 9.63. The first-order valence-corrected chi connectivity index (χ1v) is 16.9. The van der Waals surface area contributed by atoms with E-state index in [1.165, 1.54) is 19.2 Å². The van der Waals surface area contributed by atoms with Gasteiger partial charge in [-0.2, -0.15) is 0 Å².